The highest BCUT2D eigenvalue weighted by atomic mass is 16.6. The average molecular weight is 458 g/mol. The minimum absolute atomic E-state index is 0.0537. The van der Waals surface area contributed by atoms with Crippen molar-refractivity contribution < 1.29 is 14.5 Å². The molecule has 4 rings (SSSR count). The number of nitro benzene ring substituents is 1. The van der Waals surface area contributed by atoms with E-state index < -0.39 is 16.5 Å². The quantitative estimate of drug-likeness (QED) is 0.253. The second-order valence-corrected chi connectivity index (χ2v) is 7.37. The van der Waals surface area contributed by atoms with Crippen LogP contribution in [0.2, 0.25) is 0 Å². The molecule has 0 aliphatic carbocycles. The first-order valence-electron chi connectivity index (χ1n) is 10.1. The minimum atomic E-state index is -0.900. The second-order valence-electron chi connectivity index (χ2n) is 7.37. The smallest absolute Gasteiger partial charge is 0.285 e. The summed E-state index contributed by atoms with van der Waals surface area (Å²) >= 11 is 0. The molecule has 11 heteroatoms. The number of aryl methyl sites for hydroxylation is 1. The molecule has 3 aromatic heterocycles. The van der Waals surface area contributed by atoms with Gasteiger partial charge in [0.05, 0.1) is 22.5 Å². The number of fused-ring (bicyclic) bond motifs is 2. The summed E-state index contributed by atoms with van der Waals surface area (Å²) in [5, 5.41) is 21.3. The molecule has 0 atom stereocenters. The van der Waals surface area contributed by atoms with Crippen molar-refractivity contribution in [3.63, 3.8) is 0 Å². The maximum atomic E-state index is 13.2. The lowest BCUT2D eigenvalue weighted by molar-refractivity contribution is -0.385. The number of nitro groups is 1. The highest BCUT2D eigenvalue weighted by Gasteiger charge is 2.20. The number of ether oxygens (including phenoxy) is 1. The van der Waals surface area contributed by atoms with E-state index in [4.69, 9.17) is 4.74 Å². The molecule has 0 N–H and O–H groups in total. The molecule has 0 saturated heterocycles. The summed E-state index contributed by atoms with van der Waals surface area (Å²) in [6.07, 6.45) is 1.58. The predicted octanol–water partition coefficient (Wildman–Crippen LogP) is 2.12. The lowest BCUT2D eigenvalue weighted by atomic mass is 10.1. The van der Waals surface area contributed by atoms with Crippen LogP contribution in [0.4, 0.5) is 5.69 Å². The van der Waals surface area contributed by atoms with Gasteiger partial charge in [0.25, 0.3) is 17.2 Å². The molecule has 0 fully saturated rings. The van der Waals surface area contributed by atoms with Gasteiger partial charge in [-0.3, -0.25) is 24.1 Å². The Kier molecular flexibility index (Phi) is 5.99. The van der Waals surface area contributed by atoms with E-state index in [9.17, 15) is 25.0 Å². The van der Waals surface area contributed by atoms with E-state index >= 15 is 0 Å². The third-order valence-corrected chi connectivity index (χ3v) is 5.28. The maximum absolute atomic E-state index is 13.2. The van der Waals surface area contributed by atoms with Crippen LogP contribution >= 0.6 is 0 Å². The molecule has 1 amide bonds. The number of para-hydroxylation sites is 1. The molecule has 0 saturated carbocycles. The van der Waals surface area contributed by atoms with Crippen LogP contribution in [0.1, 0.15) is 21.5 Å². The summed E-state index contributed by atoms with van der Waals surface area (Å²) in [7, 11) is 1.48. The monoisotopic (exact) mass is 458 g/mol. The highest BCUT2D eigenvalue weighted by molar-refractivity contribution is 5.98. The van der Waals surface area contributed by atoms with Crippen LogP contribution in [0, 0.1) is 28.4 Å². The van der Waals surface area contributed by atoms with Gasteiger partial charge in [-0.1, -0.05) is 18.2 Å². The molecule has 0 aliphatic heterocycles. The Morgan fingerprint density at radius 1 is 1.26 bits per heavy atom. The summed E-state index contributed by atoms with van der Waals surface area (Å²) in [5.41, 5.74) is 0.231. The molecule has 170 valence electrons. The third-order valence-electron chi connectivity index (χ3n) is 5.28. The zero-order valence-corrected chi connectivity index (χ0v) is 18.3. The van der Waals surface area contributed by atoms with Crippen LogP contribution in [0.5, 0.6) is 0 Å². The second kappa shape index (κ2) is 9.05. The van der Waals surface area contributed by atoms with Gasteiger partial charge in [-0.2, -0.15) is 10.3 Å². The Morgan fingerprint density at radius 3 is 2.74 bits per heavy atom. The van der Waals surface area contributed by atoms with Crippen LogP contribution in [-0.4, -0.2) is 38.5 Å². The number of hydrogen-bond acceptors (Lipinski definition) is 7. The zero-order chi connectivity index (χ0) is 24.4. The van der Waals surface area contributed by atoms with Crippen LogP contribution in [0.3, 0.4) is 0 Å². The maximum Gasteiger partial charge on any atom is 0.285 e. The molecule has 34 heavy (non-hydrogen) atoms. The molecule has 3 heterocycles. The van der Waals surface area contributed by atoms with E-state index in [0.717, 1.165) is 5.56 Å². The molecule has 1 aromatic carbocycles. The van der Waals surface area contributed by atoms with E-state index in [1.54, 1.807) is 25.3 Å². The fraction of sp³-hybridized carbons (Fsp3) is 0.174. The van der Waals surface area contributed by atoms with E-state index in [1.165, 1.54) is 46.4 Å². The molecule has 4 aromatic rings. The molecule has 11 nitrogen and oxygen atoms in total. The number of rotatable bonds is 5. The van der Waals surface area contributed by atoms with Crippen LogP contribution < -0.4 is 11.0 Å². The van der Waals surface area contributed by atoms with Gasteiger partial charge in [0.15, 0.2) is 5.49 Å². The van der Waals surface area contributed by atoms with E-state index in [0.29, 0.717) is 5.65 Å². The fourth-order valence-corrected chi connectivity index (χ4v) is 3.65. The summed E-state index contributed by atoms with van der Waals surface area (Å²) < 4.78 is 8.01. The number of carbonyl (C=O) groups excluding carboxylic acids is 1. The Balaban J connectivity index is 2.11. The van der Waals surface area contributed by atoms with Gasteiger partial charge in [-0.05, 0) is 30.7 Å². The van der Waals surface area contributed by atoms with Crippen molar-refractivity contribution in [1.82, 2.24) is 14.0 Å². The van der Waals surface area contributed by atoms with Gasteiger partial charge in [0.1, 0.15) is 22.9 Å². The molecule has 0 radical (unpaired) electrons. The minimum Gasteiger partial charge on any atom is -0.383 e. The topological polar surface area (TPSA) is 145 Å². The largest absolute Gasteiger partial charge is 0.383 e. The van der Waals surface area contributed by atoms with Crippen molar-refractivity contribution in [3.05, 3.63) is 91.3 Å². The third kappa shape index (κ3) is 3.82. The first kappa shape index (κ1) is 22.5. The number of benzene rings is 1. The lowest BCUT2D eigenvalue weighted by Gasteiger charge is -2.13. The number of pyridine rings is 2. The Morgan fingerprint density at radius 2 is 2.03 bits per heavy atom. The molecular formula is C23H18N6O5. The number of hydrogen-bond donors (Lipinski definition) is 0. The fourth-order valence-electron chi connectivity index (χ4n) is 3.65. The summed E-state index contributed by atoms with van der Waals surface area (Å²) in [4.78, 5) is 45.6. The number of nitrogens with zero attached hydrogens (tertiary/aromatic N) is 6. The summed E-state index contributed by atoms with van der Waals surface area (Å²) in [5.74, 6) is -0.900. The zero-order valence-electron chi connectivity index (χ0n) is 18.3. The van der Waals surface area contributed by atoms with Crippen LogP contribution in [-0.2, 0) is 11.3 Å². The van der Waals surface area contributed by atoms with Gasteiger partial charge in [0.2, 0.25) is 0 Å². The highest BCUT2D eigenvalue weighted by Crippen LogP contribution is 2.19. The number of methoxy groups -OCH3 is 1. The van der Waals surface area contributed by atoms with Crippen LogP contribution in [0.15, 0.2) is 58.4 Å². The van der Waals surface area contributed by atoms with E-state index in [-0.39, 0.29) is 46.4 Å². The van der Waals surface area contributed by atoms with Gasteiger partial charge in [0, 0.05) is 25.9 Å². The molecular weight excluding hydrogens is 440 g/mol. The lowest BCUT2D eigenvalue weighted by Crippen LogP contribution is -2.31. The Hall–Kier alpha value is -4.69. The van der Waals surface area contributed by atoms with Gasteiger partial charge < -0.3 is 9.30 Å². The summed E-state index contributed by atoms with van der Waals surface area (Å²) in [6.45, 7) is 2.10. The number of aromatic nitrogens is 3. The SMILES string of the molecule is COCCn1c(=NC(=O)c2ccccc2[N+](=O)[O-])c(C#N)cc2c(=O)n3cccc(C)c3nc21. The van der Waals surface area contributed by atoms with E-state index in [1.807, 2.05) is 6.07 Å². The van der Waals surface area contributed by atoms with Gasteiger partial charge >= 0.3 is 0 Å². The van der Waals surface area contributed by atoms with E-state index in [2.05, 4.69) is 9.98 Å². The van der Waals surface area contributed by atoms with Crippen LogP contribution in [0.25, 0.3) is 16.7 Å². The Bertz CT molecular complexity index is 1640. The molecule has 0 unspecified atom stereocenters. The number of carbonyl (C=O) groups is 1. The number of nitriles is 1. The van der Waals surface area contributed by atoms with Crippen molar-refractivity contribution in [3.8, 4) is 6.07 Å². The van der Waals surface area contributed by atoms with Crippen molar-refractivity contribution in [2.45, 2.75) is 13.5 Å². The molecule has 0 bridgehead atoms. The first-order valence-corrected chi connectivity index (χ1v) is 10.1. The van der Waals surface area contributed by atoms with Crippen molar-refractivity contribution in [1.29, 1.82) is 5.26 Å². The standard InChI is InChI=1S/C23H18N6O5/c1-14-6-5-9-28-19(14)25-21-17(23(28)31)12-15(13-24)20(27(21)10-11-34-2)26-22(30)16-7-3-4-8-18(16)29(32)33/h3-9,12H,10-11H2,1-2H3. The Labute approximate surface area is 192 Å². The first-order chi connectivity index (χ1) is 16.4. The molecule has 0 spiro atoms. The van der Waals surface area contributed by atoms with Crippen molar-refractivity contribution >= 4 is 28.3 Å². The van der Waals surface area contributed by atoms with Crippen molar-refractivity contribution in [2.75, 3.05) is 13.7 Å². The predicted molar refractivity (Wildman–Crippen MR) is 121 cm³/mol. The van der Waals surface area contributed by atoms with Crippen molar-refractivity contribution in [2.24, 2.45) is 4.99 Å². The molecule has 0 aliphatic rings. The average Bonchev–Trinajstić information content (AvgIpc) is 2.84. The van der Waals surface area contributed by atoms with Gasteiger partial charge in [-0.25, -0.2) is 4.98 Å². The number of amides is 1. The van der Waals surface area contributed by atoms with Gasteiger partial charge in [-0.15, -0.1) is 0 Å². The summed E-state index contributed by atoms with van der Waals surface area (Å²) in [6, 6.07) is 12.2. The normalized spacial score (nSPS) is 11.6.